The van der Waals surface area contributed by atoms with E-state index < -0.39 is 6.04 Å². The minimum Gasteiger partial charge on any atom is -0.314 e. The van der Waals surface area contributed by atoms with E-state index in [0.717, 1.165) is 19.3 Å². The first-order valence-electron chi connectivity index (χ1n) is 9.43. The molecule has 2 amide bonds. The second-order valence-corrected chi connectivity index (χ2v) is 10.3. The van der Waals surface area contributed by atoms with E-state index in [0.29, 0.717) is 0 Å². The topological polar surface area (TPSA) is 61.4 Å². The Bertz CT molecular complexity index is 524. The van der Waals surface area contributed by atoms with Crippen molar-refractivity contribution >= 4 is 11.8 Å². The number of piperidine rings is 1. The molecule has 2 aliphatic heterocycles. The van der Waals surface area contributed by atoms with Crippen molar-refractivity contribution in [1.29, 1.82) is 0 Å². The summed E-state index contributed by atoms with van der Waals surface area (Å²) in [5, 5.41) is 6.71. The molecule has 2 aliphatic rings. The molecule has 0 spiro atoms. The molecule has 26 heavy (non-hydrogen) atoms. The Balaban J connectivity index is 0.00000338. The Morgan fingerprint density at radius 1 is 1.12 bits per heavy atom. The fourth-order valence-corrected chi connectivity index (χ4v) is 4.55. The zero-order chi connectivity index (χ0) is 19.2. The Morgan fingerprint density at radius 3 is 2.04 bits per heavy atom. The van der Waals surface area contributed by atoms with Crippen LogP contribution in [0.5, 0.6) is 0 Å². The monoisotopic (exact) mass is 483 g/mol. The van der Waals surface area contributed by atoms with E-state index in [1.54, 1.807) is 11.9 Å². The van der Waals surface area contributed by atoms with Crippen LogP contribution in [0.2, 0.25) is 0 Å². The summed E-state index contributed by atoms with van der Waals surface area (Å²) < 4.78 is 0. The second kappa shape index (κ2) is 8.86. The Kier molecular flexibility index (Phi) is 8.57. The molecule has 2 heterocycles. The van der Waals surface area contributed by atoms with Gasteiger partial charge in [0.2, 0.25) is 11.8 Å². The summed E-state index contributed by atoms with van der Waals surface area (Å²) in [6.45, 7) is 15.0. The molecule has 0 saturated carbocycles. The molecule has 6 heteroatoms. The molecule has 0 aliphatic carbocycles. The maximum Gasteiger partial charge on any atom is 1.00 e. The summed E-state index contributed by atoms with van der Waals surface area (Å²) in [4.78, 5) is 27.7. The van der Waals surface area contributed by atoms with Crippen molar-refractivity contribution in [2.45, 2.75) is 90.9 Å². The molecule has 0 aromatic rings. The Morgan fingerprint density at radius 2 is 1.62 bits per heavy atom. The van der Waals surface area contributed by atoms with Gasteiger partial charge in [0.25, 0.3) is 0 Å². The smallest absolute Gasteiger partial charge is 0.314 e. The number of hydrogen-bond acceptors (Lipinski definition) is 4. The minimum absolute atomic E-state index is 0. The van der Waals surface area contributed by atoms with Crippen LogP contribution in [0.1, 0.15) is 67.7 Å². The first-order valence-corrected chi connectivity index (χ1v) is 9.43. The van der Waals surface area contributed by atoms with Crippen molar-refractivity contribution < 1.29 is 78.5 Å². The maximum absolute atomic E-state index is 13.1. The molecular formula is C20H36CsN3O2. The number of amides is 2. The van der Waals surface area contributed by atoms with Crippen LogP contribution in [0.15, 0.2) is 0 Å². The molecule has 2 N–H and O–H groups in total. The predicted molar refractivity (Wildman–Crippen MR) is 101 cm³/mol. The van der Waals surface area contributed by atoms with Crippen molar-refractivity contribution in [1.82, 2.24) is 15.5 Å². The van der Waals surface area contributed by atoms with Crippen molar-refractivity contribution in [2.75, 3.05) is 7.05 Å². The van der Waals surface area contributed by atoms with Crippen LogP contribution in [0, 0.1) is 17.8 Å². The number of rotatable bonds is 4. The van der Waals surface area contributed by atoms with Gasteiger partial charge in [-0.2, -0.15) is 6.42 Å². The normalized spacial score (nSPS) is 29.0. The fourth-order valence-electron chi connectivity index (χ4n) is 4.55. The standard InChI is InChI=1S/C20H36N3O2.Cs/c1-18(2,3)10-9-14-15(21-8)17(25)23(16(14)24)13-11-19(4,5)22-20(6,7)12-13;/h9,13-15,21-22H,10-12H2,1-8H3;/q-1;+1. The van der Waals surface area contributed by atoms with Crippen LogP contribution in [0.3, 0.4) is 0 Å². The number of likely N-dealkylation sites (N-methyl/N-ethyl adjacent to an activating group) is 1. The zero-order valence-electron chi connectivity index (χ0n) is 18.2. The molecule has 2 fully saturated rings. The van der Waals surface area contributed by atoms with Gasteiger partial charge < -0.3 is 17.1 Å². The summed E-state index contributed by atoms with van der Waals surface area (Å²) in [5.74, 6) is -0.467. The summed E-state index contributed by atoms with van der Waals surface area (Å²) in [7, 11) is 1.77. The molecule has 0 aromatic carbocycles. The Hall–Kier alpha value is 1.11. The van der Waals surface area contributed by atoms with E-state index >= 15 is 0 Å². The zero-order valence-corrected chi connectivity index (χ0v) is 24.5. The SMILES string of the molecule is CNC1C(=O)N(C2CC(C)(C)NC(C)(C)C2)C(=O)C1[CH-]CC(C)(C)C.[Cs+]. The van der Waals surface area contributed by atoms with Crippen LogP contribution >= 0.6 is 0 Å². The molecule has 0 radical (unpaired) electrons. The molecule has 0 aromatic heterocycles. The van der Waals surface area contributed by atoms with E-state index in [1.807, 2.05) is 6.42 Å². The fraction of sp³-hybridized carbons (Fsp3) is 0.850. The van der Waals surface area contributed by atoms with Gasteiger partial charge in [-0.25, -0.2) is 0 Å². The van der Waals surface area contributed by atoms with Crippen LogP contribution in [-0.2, 0) is 9.59 Å². The van der Waals surface area contributed by atoms with Crippen LogP contribution in [-0.4, -0.2) is 46.9 Å². The number of carbonyl (C=O) groups excluding carboxylic acids is 2. The number of hydrogen-bond donors (Lipinski definition) is 2. The van der Waals surface area contributed by atoms with E-state index in [9.17, 15) is 9.59 Å². The first-order chi connectivity index (χ1) is 11.3. The number of nitrogens with zero attached hydrogens (tertiary/aromatic N) is 1. The Labute approximate surface area is 218 Å². The van der Waals surface area contributed by atoms with Crippen molar-refractivity contribution in [2.24, 2.45) is 11.3 Å². The number of carbonyl (C=O) groups is 2. The van der Waals surface area contributed by atoms with E-state index in [4.69, 9.17) is 0 Å². The molecule has 0 bridgehead atoms. The van der Waals surface area contributed by atoms with Crippen LogP contribution in [0.4, 0.5) is 0 Å². The van der Waals surface area contributed by atoms with Crippen molar-refractivity contribution in [3.63, 3.8) is 0 Å². The number of likely N-dealkylation sites (tertiary alicyclic amines) is 1. The van der Waals surface area contributed by atoms with Crippen LogP contribution in [0.25, 0.3) is 0 Å². The predicted octanol–water partition coefficient (Wildman–Crippen LogP) is -0.487. The van der Waals surface area contributed by atoms with Gasteiger partial charge in [0.15, 0.2) is 0 Å². The largest absolute Gasteiger partial charge is 1.00 e. The molecule has 2 saturated heterocycles. The molecule has 5 nitrogen and oxygen atoms in total. The van der Waals surface area contributed by atoms with Gasteiger partial charge in [-0.15, -0.1) is 0 Å². The number of imide groups is 1. The summed E-state index contributed by atoms with van der Waals surface area (Å²) in [6.07, 6.45) is 4.43. The second-order valence-electron chi connectivity index (χ2n) is 10.3. The third-order valence-electron chi connectivity index (χ3n) is 5.21. The van der Waals surface area contributed by atoms with Gasteiger partial charge in [0.1, 0.15) is 0 Å². The maximum atomic E-state index is 13.1. The van der Waals surface area contributed by atoms with Gasteiger partial charge in [0, 0.05) is 17.1 Å². The quantitative estimate of drug-likeness (QED) is 0.419. The van der Waals surface area contributed by atoms with E-state index in [-0.39, 0.29) is 109 Å². The van der Waals surface area contributed by atoms with Gasteiger partial charge in [-0.05, 0) is 47.6 Å². The molecule has 2 rings (SSSR count). The first kappa shape index (κ1) is 25.1. The number of nitrogens with one attached hydrogen (secondary N) is 2. The summed E-state index contributed by atoms with van der Waals surface area (Å²) >= 11 is 0. The van der Waals surface area contributed by atoms with Gasteiger partial charge in [0.05, 0.1) is 6.04 Å². The average molecular weight is 483 g/mol. The van der Waals surface area contributed by atoms with Crippen molar-refractivity contribution in [3.8, 4) is 0 Å². The third kappa shape index (κ3) is 6.05. The van der Waals surface area contributed by atoms with Crippen LogP contribution < -0.4 is 79.5 Å². The molecule has 2 atom stereocenters. The van der Waals surface area contributed by atoms with Gasteiger partial charge in [-0.1, -0.05) is 32.1 Å². The summed E-state index contributed by atoms with van der Waals surface area (Å²) in [5.41, 5.74) is -0.0988. The van der Waals surface area contributed by atoms with Gasteiger partial charge in [-0.3, -0.25) is 14.5 Å². The van der Waals surface area contributed by atoms with E-state index in [2.05, 4.69) is 59.1 Å². The third-order valence-corrected chi connectivity index (χ3v) is 5.21. The molecule has 144 valence electrons. The summed E-state index contributed by atoms with van der Waals surface area (Å²) in [6, 6.07) is -0.480. The van der Waals surface area contributed by atoms with Gasteiger partial charge >= 0.3 is 68.9 Å². The van der Waals surface area contributed by atoms with E-state index in [1.165, 1.54) is 0 Å². The minimum atomic E-state index is -0.434. The molecular weight excluding hydrogens is 447 g/mol. The van der Waals surface area contributed by atoms with Crippen molar-refractivity contribution in [3.05, 3.63) is 6.42 Å². The molecule has 2 unspecified atom stereocenters. The average Bonchev–Trinajstić information content (AvgIpc) is 2.62.